The minimum absolute atomic E-state index is 0.266. The summed E-state index contributed by atoms with van der Waals surface area (Å²) in [4.78, 5) is 12.8. The molecule has 1 aromatic heterocycles. The van der Waals surface area contributed by atoms with Gasteiger partial charge in [0.2, 0.25) is 0 Å². The molecule has 0 saturated carbocycles. The number of amides is 1. The van der Waals surface area contributed by atoms with Gasteiger partial charge in [-0.15, -0.1) is 0 Å². The largest absolute Gasteiger partial charge is 0.488 e. The zero-order valence-electron chi connectivity index (χ0n) is 17.1. The molecule has 0 unspecified atom stereocenters. The van der Waals surface area contributed by atoms with Crippen LogP contribution in [0.3, 0.4) is 0 Å². The van der Waals surface area contributed by atoms with Crippen LogP contribution in [0.25, 0.3) is 0 Å². The van der Waals surface area contributed by atoms with E-state index in [9.17, 15) is 4.79 Å². The molecule has 1 amide bonds. The standard InChI is InChI=1S/C24H17Br2Cl2N3O2/c25-18-6-1-2-7-22(18)33-14-16-4-3-5-17(10-16)24(32)29-23-19(26)13-31(30-23)12-15-8-9-20(27)21(28)11-15/h1-11,13H,12,14H2,(H,29,30,32). The zero-order valence-corrected chi connectivity index (χ0v) is 21.7. The third kappa shape index (κ3) is 6.18. The van der Waals surface area contributed by atoms with Crippen molar-refractivity contribution in [2.45, 2.75) is 13.2 Å². The maximum absolute atomic E-state index is 12.8. The Kier molecular flexibility index (Phi) is 7.75. The van der Waals surface area contributed by atoms with E-state index in [0.717, 1.165) is 21.3 Å². The Morgan fingerprint density at radius 1 is 0.939 bits per heavy atom. The first-order valence-corrected chi connectivity index (χ1v) is 12.2. The van der Waals surface area contributed by atoms with Gasteiger partial charge in [-0.25, -0.2) is 0 Å². The fourth-order valence-corrected chi connectivity index (χ4v) is 4.23. The second-order valence-electron chi connectivity index (χ2n) is 7.15. The summed E-state index contributed by atoms with van der Waals surface area (Å²) in [5.41, 5.74) is 2.33. The summed E-state index contributed by atoms with van der Waals surface area (Å²) in [5, 5.41) is 8.30. The second-order valence-corrected chi connectivity index (χ2v) is 9.67. The van der Waals surface area contributed by atoms with Gasteiger partial charge in [-0.1, -0.05) is 53.5 Å². The number of carbonyl (C=O) groups excluding carboxylic acids is 1. The summed E-state index contributed by atoms with van der Waals surface area (Å²) in [5.74, 6) is 0.900. The lowest BCUT2D eigenvalue weighted by atomic mass is 10.1. The normalized spacial score (nSPS) is 10.8. The van der Waals surface area contributed by atoms with Crippen LogP contribution >= 0.6 is 55.1 Å². The quantitative estimate of drug-likeness (QED) is 0.235. The number of aromatic nitrogens is 2. The number of carbonyl (C=O) groups is 1. The van der Waals surface area contributed by atoms with Crippen molar-refractivity contribution in [3.63, 3.8) is 0 Å². The number of para-hydroxylation sites is 1. The monoisotopic (exact) mass is 607 g/mol. The molecule has 9 heteroatoms. The average molecular weight is 610 g/mol. The molecule has 4 aromatic rings. The molecule has 0 aliphatic heterocycles. The molecule has 33 heavy (non-hydrogen) atoms. The van der Waals surface area contributed by atoms with Gasteiger partial charge in [-0.05, 0) is 79.4 Å². The van der Waals surface area contributed by atoms with E-state index in [4.69, 9.17) is 27.9 Å². The molecule has 168 valence electrons. The van der Waals surface area contributed by atoms with Crippen molar-refractivity contribution in [2.75, 3.05) is 5.32 Å². The van der Waals surface area contributed by atoms with E-state index in [1.807, 2.05) is 42.5 Å². The second kappa shape index (κ2) is 10.7. The number of hydrogen-bond acceptors (Lipinski definition) is 3. The van der Waals surface area contributed by atoms with Gasteiger partial charge in [0.1, 0.15) is 12.4 Å². The number of ether oxygens (including phenoxy) is 1. The van der Waals surface area contributed by atoms with E-state index in [0.29, 0.717) is 39.1 Å². The van der Waals surface area contributed by atoms with Crippen molar-refractivity contribution in [2.24, 2.45) is 0 Å². The van der Waals surface area contributed by atoms with Crippen LogP contribution in [0.2, 0.25) is 10.0 Å². The highest BCUT2D eigenvalue weighted by Gasteiger charge is 2.13. The summed E-state index contributed by atoms with van der Waals surface area (Å²) in [6.07, 6.45) is 1.79. The lowest BCUT2D eigenvalue weighted by molar-refractivity contribution is 0.102. The molecule has 0 atom stereocenters. The smallest absolute Gasteiger partial charge is 0.256 e. The topological polar surface area (TPSA) is 56.2 Å². The van der Waals surface area contributed by atoms with Gasteiger partial charge in [-0.2, -0.15) is 5.10 Å². The van der Waals surface area contributed by atoms with Crippen molar-refractivity contribution >= 4 is 66.8 Å². The molecule has 0 aliphatic rings. The van der Waals surface area contributed by atoms with Crippen LogP contribution in [0.5, 0.6) is 5.75 Å². The number of benzene rings is 3. The maximum Gasteiger partial charge on any atom is 0.256 e. The third-order valence-electron chi connectivity index (χ3n) is 4.70. The predicted molar refractivity (Wildman–Crippen MR) is 138 cm³/mol. The van der Waals surface area contributed by atoms with Crippen molar-refractivity contribution in [3.05, 3.63) is 109 Å². The molecular weight excluding hydrogens is 593 g/mol. The van der Waals surface area contributed by atoms with Crippen LogP contribution in [-0.2, 0) is 13.2 Å². The van der Waals surface area contributed by atoms with Crippen LogP contribution in [0.1, 0.15) is 21.5 Å². The number of nitrogens with one attached hydrogen (secondary N) is 1. The molecule has 1 N–H and O–H groups in total. The van der Waals surface area contributed by atoms with E-state index in [1.54, 1.807) is 35.1 Å². The van der Waals surface area contributed by atoms with Crippen molar-refractivity contribution in [3.8, 4) is 5.75 Å². The summed E-state index contributed by atoms with van der Waals surface area (Å²) in [7, 11) is 0. The van der Waals surface area contributed by atoms with E-state index in [2.05, 4.69) is 42.3 Å². The number of hydrogen-bond donors (Lipinski definition) is 1. The Labute approximate surface area is 217 Å². The van der Waals surface area contributed by atoms with Gasteiger partial charge < -0.3 is 10.1 Å². The van der Waals surface area contributed by atoms with Crippen LogP contribution in [0.4, 0.5) is 5.82 Å². The highest BCUT2D eigenvalue weighted by Crippen LogP contribution is 2.26. The minimum atomic E-state index is -0.266. The molecule has 5 nitrogen and oxygen atoms in total. The van der Waals surface area contributed by atoms with E-state index in [1.165, 1.54) is 0 Å². The highest BCUT2D eigenvalue weighted by molar-refractivity contribution is 9.11. The fraction of sp³-hybridized carbons (Fsp3) is 0.0833. The first kappa shape index (κ1) is 23.8. The van der Waals surface area contributed by atoms with Crippen LogP contribution in [-0.4, -0.2) is 15.7 Å². The van der Waals surface area contributed by atoms with E-state index >= 15 is 0 Å². The summed E-state index contributed by atoms with van der Waals surface area (Å²) in [6.45, 7) is 0.818. The third-order valence-corrected chi connectivity index (χ3v) is 6.67. The van der Waals surface area contributed by atoms with Crippen LogP contribution in [0.15, 0.2) is 81.9 Å². The summed E-state index contributed by atoms with van der Waals surface area (Å²) < 4.78 is 9.11. The molecule has 0 aliphatic carbocycles. The molecule has 0 fully saturated rings. The van der Waals surface area contributed by atoms with E-state index < -0.39 is 0 Å². The summed E-state index contributed by atoms with van der Waals surface area (Å²) >= 11 is 19.0. The van der Waals surface area contributed by atoms with Crippen molar-refractivity contribution in [1.29, 1.82) is 0 Å². The Morgan fingerprint density at radius 2 is 1.76 bits per heavy atom. The number of anilines is 1. The minimum Gasteiger partial charge on any atom is -0.488 e. The van der Waals surface area contributed by atoms with Gasteiger partial charge in [-0.3, -0.25) is 9.48 Å². The summed E-state index contributed by atoms with van der Waals surface area (Å²) in [6, 6.07) is 20.3. The Balaban J connectivity index is 1.42. The molecule has 0 radical (unpaired) electrons. The zero-order chi connectivity index (χ0) is 23.4. The lowest BCUT2D eigenvalue weighted by Gasteiger charge is -2.09. The molecule has 1 heterocycles. The SMILES string of the molecule is O=C(Nc1nn(Cc2ccc(Cl)c(Cl)c2)cc1Br)c1cccc(COc2ccccc2Br)c1. The van der Waals surface area contributed by atoms with Gasteiger partial charge in [0, 0.05) is 11.8 Å². The molecule has 0 spiro atoms. The van der Waals surface area contributed by atoms with Gasteiger partial charge in [0.15, 0.2) is 5.82 Å². The molecular formula is C24H17Br2Cl2N3O2. The molecule has 0 saturated heterocycles. The number of halogens is 4. The van der Waals surface area contributed by atoms with Gasteiger partial charge >= 0.3 is 0 Å². The predicted octanol–water partition coefficient (Wildman–Crippen LogP) is 7.59. The number of nitrogens with zero attached hydrogens (tertiary/aromatic N) is 2. The molecule has 4 rings (SSSR count). The van der Waals surface area contributed by atoms with Crippen LogP contribution < -0.4 is 10.1 Å². The Morgan fingerprint density at radius 3 is 2.55 bits per heavy atom. The van der Waals surface area contributed by atoms with Crippen molar-refractivity contribution in [1.82, 2.24) is 9.78 Å². The van der Waals surface area contributed by atoms with Crippen LogP contribution in [0, 0.1) is 0 Å². The Hall–Kier alpha value is -2.32. The number of rotatable bonds is 7. The Bertz CT molecular complexity index is 1310. The fourth-order valence-electron chi connectivity index (χ4n) is 3.09. The molecule has 3 aromatic carbocycles. The van der Waals surface area contributed by atoms with E-state index in [-0.39, 0.29) is 5.91 Å². The van der Waals surface area contributed by atoms with Gasteiger partial charge in [0.25, 0.3) is 5.91 Å². The first-order valence-electron chi connectivity index (χ1n) is 9.83. The average Bonchev–Trinajstić information content (AvgIpc) is 3.14. The van der Waals surface area contributed by atoms with Gasteiger partial charge in [0.05, 0.1) is 25.5 Å². The first-order chi connectivity index (χ1) is 15.9. The highest BCUT2D eigenvalue weighted by atomic mass is 79.9. The molecule has 0 bridgehead atoms. The lowest BCUT2D eigenvalue weighted by Crippen LogP contribution is -2.13. The van der Waals surface area contributed by atoms with Crippen molar-refractivity contribution < 1.29 is 9.53 Å². The maximum atomic E-state index is 12.8.